The molecule has 1 heterocycles. The molecule has 0 bridgehead atoms. The number of methoxy groups -OCH3 is 1. The molecule has 116 valence electrons. The lowest BCUT2D eigenvalue weighted by atomic mass is 9.76. The van der Waals surface area contributed by atoms with Crippen molar-refractivity contribution in [1.29, 1.82) is 0 Å². The van der Waals surface area contributed by atoms with E-state index in [1.807, 2.05) is 23.9 Å². The molecule has 3 rings (SSSR count). The van der Waals surface area contributed by atoms with Crippen LogP contribution in [0.2, 0.25) is 0 Å². The lowest BCUT2D eigenvalue weighted by molar-refractivity contribution is 0.294. The predicted octanol–water partition coefficient (Wildman–Crippen LogP) is 5.10. The van der Waals surface area contributed by atoms with E-state index in [1.165, 1.54) is 37.7 Å². The summed E-state index contributed by atoms with van der Waals surface area (Å²) in [5.74, 6) is 3.61. The zero-order chi connectivity index (χ0) is 14.7. The summed E-state index contributed by atoms with van der Waals surface area (Å²) in [6.45, 7) is 1.16. The Kier molecular flexibility index (Phi) is 5.41. The fraction of sp³-hybridized carbons (Fsp3) is 0.647. The van der Waals surface area contributed by atoms with Gasteiger partial charge in [0.05, 0.1) is 7.11 Å². The molecule has 1 atom stereocenters. The van der Waals surface area contributed by atoms with Crippen LogP contribution in [-0.4, -0.2) is 23.6 Å². The maximum atomic E-state index is 5.48. The number of hydrogen-bond acceptors (Lipinski definition) is 4. The van der Waals surface area contributed by atoms with Crippen molar-refractivity contribution in [1.82, 2.24) is 3.71 Å². The number of rotatable bonds is 3. The predicted molar refractivity (Wildman–Crippen MR) is 93.8 cm³/mol. The van der Waals surface area contributed by atoms with Crippen molar-refractivity contribution in [2.45, 2.75) is 43.8 Å². The molecule has 0 N–H and O–H groups in total. The second-order valence-electron chi connectivity index (χ2n) is 6.04. The van der Waals surface area contributed by atoms with Crippen LogP contribution in [0.5, 0.6) is 5.75 Å². The zero-order valence-electron chi connectivity index (χ0n) is 13.0. The Labute approximate surface area is 137 Å². The van der Waals surface area contributed by atoms with Crippen LogP contribution in [0.15, 0.2) is 18.2 Å². The highest BCUT2D eigenvalue weighted by Crippen LogP contribution is 2.44. The number of benzene rings is 1. The molecule has 1 aromatic carbocycles. The van der Waals surface area contributed by atoms with E-state index in [2.05, 4.69) is 28.2 Å². The summed E-state index contributed by atoms with van der Waals surface area (Å²) in [5.41, 5.74) is 3.05. The van der Waals surface area contributed by atoms with Crippen molar-refractivity contribution in [3.8, 4) is 5.75 Å². The normalized spacial score (nSPS) is 24.4. The van der Waals surface area contributed by atoms with E-state index >= 15 is 0 Å². The summed E-state index contributed by atoms with van der Waals surface area (Å²) in [4.78, 5) is 0. The maximum Gasteiger partial charge on any atom is 0.119 e. The molecular weight excluding hydrogens is 298 g/mol. The Morgan fingerprint density at radius 1 is 1.24 bits per heavy atom. The highest BCUT2D eigenvalue weighted by atomic mass is 32.2. The fourth-order valence-corrected chi connectivity index (χ4v) is 5.40. The monoisotopic (exact) mass is 323 g/mol. The molecule has 0 spiro atoms. The van der Waals surface area contributed by atoms with Crippen LogP contribution in [0.3, 0.4) is 0 Å². The lowest BCUT2D eigenvalue weighted by Gasteiger charge is -2.32. The smallest absolute Gasteiger partial charge is 0.119 e. The molecule has 2 nitrogen and oxygen atoms in total. The van der Waals surface area contributed by atoms with Gasteiger partial charge in [0.1, 0.15) is 5.75 Å². The molecule has 0 radical (unpaired) electrons. The Balaban J connectivity index is 1.93. The van der Waals surface area contributed by atoms with Crippen molar-refractivity contribution < 1.29 is 4.74 Å². The topological polar surface area (TPSA) is 12.5 Å². The summed E-state index contributed by atoms with van der Waals surface area (Å²) in [7, 11) is 1.77. The van der Waals surface area contributed by atoms with Crippen molar-refractivity contribution in [2.24, 2.45) is 5.92 Å². The highest BCUT2D eigenvalue weighted by Gasteiger charge is 2.31. The van der Waals surface area contributed by atoms with Crippen molar-refractivity contribution in [3.05, 3.63) is 29.3 Å². The SMILES string of the molecule is COc1ccc2c(c1)C(C1CCCCC1)CN(SC)SC2. The third-order valence-corrected chi connectivity index (χ3v) is 7.08. The molecule has 1 aromatic rings. The molecule has 1 saturated carbocycles. The molecule has 1 aliphatic carbocycles. The summed E-state index contributed by atoms with van der Waals surface area (Å²) in [6.07, 6.45) is 9.23. The van der Waals surface area contributed by atoms with E-state index < -0.39 is 0 Å². The first-order chi connectivity index (χ1) is 10.3. The molecule has 21 heavy (non-hydrogen) atoms. The van der Waals surface area contributed by atoms with Crippen molar-refractivity contribution in [3.63, 3.8) is 0 Å². The van der Waals surface area contributed by atoms with Crippen LogP contribution >= 0.6 is 23.9 Å². The van der Waals surface area contributed by atoms with Gasteiger partial charge in [-0.05, 0) is 48.3 Å². The summed E-state index contributed by atoms with van der Waals surface area (Å²) < 4.78 is 7.96. The fourth-order valence-electron chi connectivity index (χ4n) is 3.70. The van der Waals surface area contributed by atoms with Gasteiger partial charge in [-0.3, -0.25) is 0 Å². The van der Waals surface area contributed by atoms with Crippen LogP contribution in [-0.2, 0) is 5.75 Å². The van der Waals surface area contributed by atoms with Crippen molar-refractivity contribution >= 4 is 23.9 Å². The third-order valence-electron chi connectivity index (χ3n) is 4.88. The van der Waals surface area contributed by atoms with Gasteiger partial charge in [-0.15, -0.1) is 0 Å². The second-order valence-corrected chi connectivity index (χ2v) is 8.07. The zero-order valence-corrected chi connectivity index (χ0v) is 14.6. The number of nitrogens with zero attached hydrogens (tertiary/aromatic N) is 1. The minimum absolute atomic E-state index is 0.665. The first-order valence-electron chi connectivity index (χ1n) is 7.93. The van der Waals surface area contributed by atoms with Crippen LogP contribution < -0.4 is 4.74 Å². The van der Waals surface area contributed by atoms with Gasteiger partial charge in [-0.1, -0.05) is 49.2 Å². The second kappa shape index (κ2) is 7.30. The summed E-state index contributed by atoms with van der Waals surface area (Å²) in [5, 5.41) is 0. The van der Waals surface area contributed by atoms with Gasteiger partial charge in [0.2, 0.25) is 0 Å². The number of hydrogen-bond donors (Lipinski definition) is 0. The Morgan fingerprint density at radius 3 is 2.76 bits per heavy atom. The van der Waals surface area contributed by atoms with E-state index in [1.54, 1.807) is 12.7 Å². The van der Waals surface area contributed by atoms with Gasteiger partial charge >= 0.3 is 0 Å². The molecular formula is C17H25NOS2. The molecule has 0 aromatic heterocycles. The quantitative estimate of drug-likeness (QED) is 0.717. The molecule has 1 aliphatic heterocycles. The van der Waals surface area contributed by atoms with Crippen LogP contribution in [0, 0.1) is 5.92 Å². The van der Waals surface area contributed by atoms with Gasteiger partial charge < -0.3 is 4.74 Å². The lowest BCUT2D eigenvalue weighted by Crippen LogP contribution is -2.24. The number of ether oxygens (including phenoxy) is 1. The Morgan fingerprint density at radius 2 is 2.05 bits per heavy atom. The van der Waals surface area contributed by atoms with E-state index in [-0.39, 0.29) is 0 Å². The molecule has 2 aliphatic rings. The molecule has 1 unspecified atom stereocenters. The summed E-state index contributed by atoms with van der Waals surface area (Å²) in [6, 6.07) is 6.70. The van der Waals surface area contributed by atoms with Crippen LogP contribution in [0.4, 0.5) is 0 Å². The van der Waals surface area contributed by atoms with E-state index in [4.69, 9.17) is 4.74 Å². The Bertz CT molecular complexity index is 474. The molecule has 4 heteroatoms. The largest absolute Gasteiger partial charge is 0.497 e. The number of fused-ring (bicyclic) bond motifs is 1. The van der Waals surface area contributed by atoms with E-state index in [0.717, 1.165) is 24.0 Å². The minimum atomic E-state index is 0.665. The standard InChI is InChI=1S/C17H25NOS2/c1-19-15-9-8-14-12-21-18(20-2)11-17(16(14)10-15)13-6-4-3-5-7-13/h8-10,13,17H,3-7,11-12H2,1-2H3. The van der Waals surface area contributed by atoms with Gasteiger partial charge in [-0.25, -0.2) is 0 Å². The Hall–Kier alpha value is -0.320. The van der Waals surface area contributed by atoms with Crippen LogP contribution in [0.1, 0.15) is 49.1 Å². The first kappa shape index (κ1) is 15.6. The molecule has 0 saturated heterocycles. The third kappa shape index (κ3) is 3.54. The van der Waals surface area contributed by atoms with Crippen LogP contribution in [0.25, 0.3) is 0 Å². The summed E-state index contributed by atoms with van der Waals surface area (Å²) >= 11 is 3.84. The average molecular weight is 324 g/mol. The first-order valence-corrected chi connectivity index (χ1v) is 10.1. The van der Waals surface area contributed by atoms with Gasteiger partial charge in [0.15, 0.2) is 0 Å². The van der Waals surface area contributed by atoms with E-state index in [0.29, 0.717) is 5.92 Å². The molecule has 1 fully saturated rings. The highest BCUT2D eigenvalue weighted by molar-refractivity contribution is 8.11. The average Bonchev–Trinajstić information content (AvgIpc) is 2.74. The van der Waals surface area contributed by atoms with E-state index in [9.17, 15) is 0 Å². The van der Waals surface area contributed by atoms with Gasteiger partial charge in [-0.2, -0.15) is 3.71 Å². The minimum Gasteiger partial charge on any atom is -0.497 e. The van der Waals surface area contributed by atoms with Crippen molar-refractivity contribution in [2.75, 3.05) is 19.9 Å². The molecule has 0 amide bonds. The maximum absolute atomic E-state index is 5.48. The van der Waals surface area contributed by atoms with Gasteiger partial charge in [0, 0.05) is 18.2 Å². The van der Waals surface area contributed by atoms with Gasteiger partial charge in [0.25, 0.3) is 0 Å².